The van der Waals surface area contributed by atoms with E-state index in [-0.39, 0.29) is 23.7 Å². The van der Waals surface area contributed by atoms with E-state index >= 15 is 0 Å². The molecule has 1 saturated heterocycles. The van der Waals surface area contributed by atoms with E-state index in [9.17, 15) is 14.7 Å². The SMILES string of the molecule is O=C(NCC1CCCCC1C(=O)O)C1CCCOC1. The van der Waals surface area contributed by atoms with E-state index in [4.69, 9.17) is 4.74 Å². The highest BCUT2D eigenvalue weighted by molar-refractivity contribution is 5.79. The van der Waals surface area contributed by atoms with Gasteiger partial charge >= 0.3 is 5.97 Å². The van der Waals surface area contributed by atoms with Gasteiger partial charge in [-0.3, -0.25) is 9.59 Å². The lowest BCUT2D eigenvalue weighted by atomic mass is 9.79. The minimum Gasteiger partial charge on any atom is -0.481 e. The Hall–Kier alpha value is -1.10. The normalized spacial score (nSPS) is 31.7. The number of hydrogen-bond donors (Lipinski definition) is 2. The summed E-state index contributed by atoms with van der Waals surface area (Å²) in [4.78, 5) is 23.2. The highest BCUT2D eigenvalue weighted by Crippen LogP contribution is 2.29. The Morgan fingerprint density at radius 3 is 2.63 bits per heavy atom. The first-order chi connectivity index (χ1) is 9.18. The number of carbonyl (C=O) groups is 2. The van der Waals surface area contributed by atoms with Gasteiger partial charge in [0.1, 0.15) is 0 Å². The number of hydrogen-bond acceptors (Lipinski definition) is 3. The van der Waals surface area contributed by atoms with Crippen LogP contribution in [0.2, 0.25) is 0 Å². The molecule has 0 aromatic carbocycles. The Kier molecular flexibility index (Phi) is 5.19. The number of aliphatic carboxylic acids is 1. The van der Waals surface area contributed by atoms with Crippen LogP contribution in [0.5, 0.6) is 0 Å². The van der Waals surface area contributed by atoms with Gasteiger partial charge in [-0.25, -0.2) is 0 Å². The first-order valence-electron chi connectivity index (χ1n) is 7.26. The zero-order chi connectivity index (χ0) is 13.7. The molecule has 0 radical (unpaired) electrons. The van der Waals surface area contributed by atoms with Crippen molar-refractivity contribution in [2.75, 3.05) is 19.8 Å². The van der Waals surface area contributed by atoms with Gasteiger partial charge in [0.2, 0.25) is 5.91 Å². The molecule has 0 bridgehead atoms. The molecular weight excluding hydrogens is 246 g/mol. The molecule has 108 valence electrons. The molecule has 0 aromatic rings. The van der Waals surface area contributed by atoms with Gasteiger partial charge in [-0.15, -0.1) is 0 Å². The van der Waals surface area contributed by atoms with Gasteiger partial charge in [-0.1, -0.05) is 12.8 Å². The second-order valence-electron chi connectivity index (χ2n) is 5.65. The van der Waals surface area contributed by atoms with Crippen molar-refractivity contribution in [1.82, 2.24) is 5.32 Å². The third-order valence-electron chi connectivity index (χ3n) is 4.30. The van der Waals surface area contributed by atoms with Crippen LogP contribution in [0.1, 0.15) is 38.5 Å². The van der Waals surface area contributed by atoms with E-state index in [0.29, 0.717) is 13.2 Å². The molecule has 1 saturated carbocycles. The van der Waals surface area contributed by atoms with Crippen molar-refractivity contribution in [3.63, 3.8) is 0 Å². The van der Waals surface area contributed by atoms with Crippen LogP contribution < -0.4 is 5.32 Å². The highest BCUT2D eigenvalue weighted by atomic mass is 16.5. The summed E-state index contributed by atoms with van der Waals surface area (Å²) in [5.41, 5.74) is 0. The summed E-state index contributed by atoms with van der Waals surface area (Å²) in [6.45, 7) is 1.73. The van der Waals surface area contributed by atoms with E-state index < -0.39 is 5.97 Å². The van der Waals surface area contributed by atoms with Gasteiger partial charge in [0.25, 0.3) is 0 Å². The molecule has 2 aliphatic rings. The number of carbonyl (C=O) groups excluding carboxylic acids is 1. The summed E-state index contributed by atoms with van der Waals surface area (Å²) in [5, 5.41) is 12.1. The molecule has 0 aromatic heterocycles. The molecule has 2 rings (SSSR count). The Morgan fingerprint density at radius 2 is 1.95 bits per heavy atom. The molecule has 0 spiro atoms. The van der Waals surface area contributed by atoms with Crippen molar-refractivity contribution < 1.29 is 19.4 Å². The standard InChI is InChI=1S/C14H23NO4/c16-13(11-5-3-7-19-9-11)15-8-10-4-1-2-6-12(10)14(17)18/h10-12H,1-9H2,(H,15,16)(H,17,18). The van der Waals surface area contributed by atoms with E-state index in [1.54, 1.807) is 0 Å². The molecule has 3 unspecified atom stereocenters. The van der Waals surface area contributed by atoms with E-state index in [1.165, 1.54) is 0 Å². The molecule has 19 heavy (non-hydrogen) atoms. The lowest BCUT2D eigenvalue weighted by Crippen LogP contribution is -2.41. The number of ether oxygens (including phenoxy) is 1. The summed E-state index contributed by atoms with van der Waals surface area (Å²) < 4.78 is 5.30. The Labute approximate surface area is 113 Å². The van der Waals surface area contributed by atoms with Crippen molar-refractivity contribution in [3.8, 4) is 0 Å². The van der Waals surface area contributed by atoms with Gasteiger partial charge in [0.05, 0.1) is 18.4 Å². The first kappa shape index (κ1) is 14.3. The second kappa shape index (κ2) is 6.89. The van der Waals surface area contributed by atoms with Crippen LogP contribution in [0.15, 0.2) is 0 Å². The van der Waals surface area contributed by atoms with Crippen molar-refractivity contribution in [3.05, 3.63) is 0 Å². The zero-order valence-electron chi connectivity index (χ0n) is 11.3. The Morgan fingerprint density at radius 1 is 1.16 bits per heavy atom. The molecule has 1 aliphatic heterocycles. The van der Waals surface area contributed by atoms with Crippen molar-refractivity contribution in [1.29, 1.82) is 0 Å². The van der Waals surface area contributed by atoms with Crippen molar-refractivity contribution in [2.24, 2.45) is 17.8 Å². The Balaban J connectivity index is 1.79. The van der Waals surface area contributed by atoms with Gasteiger partial charge in [-0.2, -0.15) is 0 Å². The number of carboxylic acid groups (broad SMARTS) is 1. The third-order valence-corrected chi connectivity index (χ3v) is 4.30. The summed E-state index contributed by atoms with van der Waals surface area (Å²) >= 11 is 0. The summed E-state index contributed by atoms with van der Waals surface area (Å²) in [6, 6.07) is 0. The minimum absolute atomic E-state index is 0.0226. The Bertz CT molecular complexity index is 325. The molecule has 2 fully saturated rings. The first-order valence-corrected chi connectivity index (χ1v) is 7.26. The van der Waals surface area contributed by atoms with Gasteiger partial charge in [0.15, 0.2) is 0 Å². The minimum atomic E-state index is -0.722. The van der Waals surface area contributed by atoms with Crippen LogP contribution in [0.4, 0.5) is 0 Å². The maximum atomic E-state index is 12.0. The van der Waals surface area contributed by atoms with E-state index in [1.807, 2.05) is 0 Å². The van der Waals surface area contributed by atoms with Crippen LogP contribution in [0.25, 0.3) is 0 Å². The lowest BCUT2D eigenvalue weighted by Gasteiger charge is -2.29. The molecule has 2 N–H and O–H groups in total. The summed E-state index contributed by atoms with van der Waals surface area (Å²) in [6.07, 6.45) is 5.49. The number of carboxylic acids is 1. The maximum Gasteiger partial charge on any atom is 0.306 e. The van der Waals surface area contributed by atoms with Crippen LogP contribution in [0, 0.1) is 17.8 Å². The predicted molar refractivity (Wildman–Crippen MR) is 69.6 cm³/mol. The fourth-order valence-electron chi connectivity index (χ4n) is 3.10. The lowest BCUT2D eigenvalue weighted by molar-refractivity contribution is -0.145. The summed E-state index contributed by atoms with van der Waals surface area (Å²) in [7, 11) is 0. The molecule has 1 amide bonds. The van der Waals surface area contributed by atoms with Crippen LogP contribution in [-0.4, -0.2) is 36.7 Å². The number of nitrogens with one attached hydrogen (secondary N) is 1. The number of rotatable bonds is 4. The topological polar surface area (TPSA) is 75.6 Å². The monoisotopic (exact) mass is 269 g/mol. The molecule has 5 heteroatoms. The quantitative estimate of drug-likeness (QED) is 0.809. The van der Waals surface area contributed by atoms with Crippen molar-refractivity contribution >= 4 is 11.9 Å². The van der Waals surface area contributed by atoms with Gasteiger partial charge < -0.3 is 15.2 Å². The fourth-order valence-corrected chi connectivity index (χ4v) is 3.10. The van der Waals surface area contributed by atoms with Crippen molar-refractivity contribution in [2.45, 2.75) is 38.5 Å². The summed E-state index contributed by atoms with van der Waals surface area (Å²) in [5.74, 6) is -0.966. The van der Waals surface area contributed by atoms with Crippen LogP contribution in [0.3, 0.4) is 0 Å². The molecule has 1 aliphatic carbocycles. The molecular formula is C14H23NO4. The zero-order valence-corrected chi connectivity index (χ0v) is 11.3. The fraction of sp³-hybridized carbons (Fsp3) is 0.857. The average Bonchev–Trinajstić information content (AvgIpc) is 2.46. The van der Waals surface area contributed by atoms with E-state index in [0.717, 1.165) is 45.1 Å². The molecule has 5 nitrogen and oxygen atoms in total. The largest absolute Gasteiger partial charge is 0.481 e. The van der Waals surface area contributed by atoms with Gasteiger partial charge in [0, 0.05) is 13.2 Å². The number of amides is 1. The van der Waals surface area contributed by atoms with E-state index in [2.05, 4.69) is 5.32 Å². The van der Waals surface area contributed by atoms with Crippen LogP contribution >= 0.6 is 0 Å². The third kappa shape index (κ3) is 3.93. The smallest absolute Gasteiger partial charge is 0.306 e. The predicted octanol–water partition coefficient (Wildman–Crippen LogP) is 1.42. The molecule has 1 heterocycles. The molecule has 3 atom stereocenters. The van der Waals surface area contributed by atoms with Crippen LogP contribution in [-0.2, 0) is 14.3 Å². The average molecular weight is 269 g/mol. The second-order valence-corrected chi connectivity index (χ2v) is 5.65. The highest BCUT2D eigenvalue weighted by Gasteiger charge is 2.31. The van der Waals surface area contributed by atoms with Gasteiger partial charge in [-0.05, 0) is 31.6 Å². The maximum absolute atomic E-state index is 12.0.